The van der Waals surface area contributed by atoms with Crippen LogP contribution in [0.15, 0.2) is 53.4 Å². The lowest BCUT2D eigenvalue weighted by atomic mass is 10.1. The van der Waals surface area contributed by atoms with Crippen LogP contribution in [0, 0.1) is 0 Å². The lowest BCUT2D eigenvalue weighted by Gasteiger charge is -2.18. The second kappa shape index (κ2) is 9.01. The average Bonchev–Trinajstić information content (AvgIpc) is 3.48. The van der Waals surface area contributed by atoms with Crippen molar-refractivity contribution in [3.63, 3.8) is 0 Å². The third-order valence-electron chi connectivity index (χ3n) is 4.62. The molecule has 0 N–H and O–H groups in total. The third-order valence-corrected chi connectivity index (χ3v) is 7.64. The molecule has 2 aromatic rings. The molecule has 1 fully saturated rings. The quantitative estimate of drug-likeness (QED) is 0.579. The number of likely N-dealkylation sites (N-methyl/N-ethyl adjacent to an activating group) is 1. The molecular formula is C21H25NO4S2. The number of thioether (sulfide) groups is 1. The molecule has 5 nitrogen and oxygen atoms in total. The topological polar surface area (TPSA) is 63.7 Å². The minimum atomic E-state index is -3.23. The number of ether oxygens (including phenoxy) is 1. The first-order valence-electron chi connectivity index (χ1n) is 9.40. The van der Waals surface area contributed by atoms with Gasteiger partial charge in [-0.25, -0.2) is 8.42 Å². The number of benzene rings is 2. The van der Waals surface area contributed by atoms with E-state index in [-0.39, 0.29) is 16.9 Å². The van der Waals surface area contributed by atoms with Gasteiger partial charge in [-0.05, 0) is 55.8 Å². The Balaban J connectivity index is 1.60. The maximum Gasteiger partial charge on any atom is 0.226 e. The largest absolute Gasteiger partial charge is 0.457 e. The summed E-state index contributed by atoms with van der Waals surface area (Å²) in [6, 6.07) is 13.9. The van der Waals surface area contributed by atoms with Gasteiger partial charge in [0.25, 0.3) is 0 Å². The standard InChI is InChI=1S/C21H25NO4S2/c1-3-22(4-2)21(23)13-16-5-7-17(8-6-16)26-18-9-11-20(12-10-18)28(24,25)15-19-14-27-19/h5-12,19H,3-4,13-15H2,1-2H3. The van der Waals surface area contributed by atoms with Crippen LogP contribution in [-0.4, -0.2) is 49.1 Å². The molecule has 0 saturated carbocycles. The smallest absolute Gasteiger partial charge is 0.226 e. The molecule has 1 unspecified atom stereocenters. The molecule has 1 amide bonds. The second-order valence-corrected chi connectivity index (χ2v) is 10.1. The molecule has 3 rings (SSSR count). The number of hydrogen-bond donors (Lipinski definition) is 0. The Bertz CT molecular complexity index is 900. The third kappa shape index (κ3) is 5.52. The predicted octanol–water partition coefficient (Wildman–Crippen LogP) is 3.78. The highest BCUT2D eigenvalue weighted by molar-refractivity contribution is 8.08. The van der Waals surface area contributed by atoms with Crippen molar-refractivity contribution in [3.8, 4) is 11.5 Å². The van der Waals surface area contributed by atoms with Gasteiger partial charge in [0.1, 0.15) is 11.5 Å². The van der Waals surface area contributed by atoms with E-state index in [2.05, 4.69) is 0 Å². The summed E-state index contributed by atoms with van der Waals surface area (Å²) in [4.78, 5) is 14.3. The van der Waals surface area contributed by atoms with Crippen molar-refractivity contribution < 1.29 is 17.9 Å². The van der Waals surface area contributed by atoms with Gasteiger partial charge in [0.2, 0.25) is 5.91 Å². The zero-order valence-electron chi connectivity index (χ0n) is 16.1. The summed E-state index contributed by atoms with van der Waals surface area (Å²) in [5, 5.41) is 0.244. The van der Waals surface area contributed by atoms with E-state index in [1.165, 1.54) is 0 Å². The zero-order chi connectivity index (χ0) is 20.1. The van der Waals surface area contributed by atoms with E-state index in [1.807, 2.05) is 43.0 Å². The van der Waals surface area contributed by atoms with Gasteiger partial charge in [-0.2, -0.15) is 11.8 Å². The highest BCUT2D eigenvalue weighted by Gasteiger charge is 2.29. The molecule has 7 heteroatoms. The summed E-state index contributed by atoms with van der Waals surface area (Å²) in [5.74, 6) is 2.46. The number of carbonyl (C=O) groups excluding carboxylic acids is 1. The lowest BCUT2D eigenvalue weighted by Crippen LogP contribution is -2.31. The zero-order valence-corrected chi connectivity index (χ0v) is 17.8. The first kappa shape index (κ1) is 20.7. The Hall–Kier alpha value is -1.99. The number of nitrogens with zero attached hydrogens (tertiary/aromatic N) is 1. The fourth-order valence-electron chi connectivity index (χ4n) is 2.89. The predicted molar refractivity (Wildman–Crippen MR) is 113 cm³/mol. The molecule has 2 aromatic carbocycles. The summed E-state index contributed by atoms with van der Waals surface area (Å²) in [6.07, 6.45) is 0.369. The summed E-state index contributed by atoms with van der Waals surface area (Å²) in [5.41, 5.74) is 0.934. The molecule has 1 aliphatic heterocycles. The number of sulfone groups is 1. The molecule has 150 valence electrons. The van der Waals surface area contributed by atoms with Gasteiger partial charge in [0.15, 0.2) is 9.84 Å². The summed E-state index contributed by atoms with van der Waals surface area (Å²) < 4.78 is 30.4. The minimum Gasteiger partial charge on any atom is -0.457 e. The van der Waals surface area contributed by atoms with Crippen molar-refractivity contribution in [3.05, 3.63) is 54.1 Å². The van der Waals surface area contributed by atoms with Gasteiger partial charge < -0.3 is 9.64 Å². The Labute approximate surface area is 171 Å². The van der Waals surface area contributed by atoms with Crippen molar-refractivity contribution in [2.24, 2.45) is 0 Å². The van der Waals surface area contributed by atoms with Gasteiger partial charge in [-0.3, -0.25) is 4.79 Å². The molecule has 0 aliphatic carbocycles. The van der Waals surface area contributed by atoms with Gasteiger partial charge in [-0.15, -0.1) is 0 Å². The number of carbonyl (C=O) groups is 1. The van der Waals surface area contributed by atoms with Crippen molar-refractivity contribution >= 4 is 27.5 Å². The van der Waals surface area contributed by atoms with Crippen LogP contribution in [0.4, 0.5) is 0 Å². The molecule has 28 heavy (non-hydrogen) atoms. The van der Waals surface area contributed by atoms with Crippen LogP contribution in [0.25, 0.3) is 0 Å². The Morgan fingerprint density at radius 2 is 1.57 bits per heavy atom. The highest BCUT2D eigenvalue weighted by atomic mass is 32.2. The molecule has 1 aliphatic rings. The van der Waals surface area contributed by atoms with E-state index in [0.29, 0.717) is 35.9 Å². The van der Waals surface area contributed by atoms with E-state index in [1.54, 1.807) is 36.0 Å². The van der Waals surface area contributed by atoms with Gasteiger partial charge >= 0.3 is 0 Å². The summed E-state index contributed by atoms with van der Waals surface area (Å²) in [6.45, 7) is 5.36. The first-order chi connectivity index (χ1) is 13.4. The van der Waals surface area contributed by atoms with Crippen LogP contribution in [0.5, 0.6) is 11.5 Å². The molecule has 0 bridgehead atoms. The normalized spacial score (nSPS) is 15.9. The van der Waals surface area contributed by atoms with Gasteiger partial charge in [0.05, 0.1) is 17.1 Å². The Morgan fingerprint density at radius 3 is 2.07 bits per heavy atom. The second-order valence-electron chi connectivity index (χ2n) is 6.70. The van der Waals surface area contributed by atoms with Gasteiger partial charge in [-0.1, -0.05) is 12.1 Å². The number of rotatable bonds is 9. The molecule has 0 aromatic heterocycles. The highest BCUT2D eigenvalue weighted by Crippen LogP contribution is 2.33. The van der Waals surface area contributed by atoms with Crippen LogP contribution in [0.1, 0.15) is 19.4 Å². The van der Waals surface area contributed by atoms with Crippen LogP contribution >= 0.6 is 11.8 Å². The molecule has 0 radical (unpaired) electrons. The summed E-state index contributed by atoms with van der Waals surface area (Å²) >= 11 is 1.68. The molecule has 1 heterocycles. The monoisotopic (exact) mass is 419 g/mol. The maximum atomic E-state index is 12.3. The fourth-order valence-corrected chi connectivity index (χ4v) is 5.57. The van der Waals surface area contributed by atoms with Crippen LogP contribution in [-0.2, 0) is 21.1 Å². The van der Waals surface area contributed by atoms with Crippen LogP contribution < -0.4 is 4.74 Å². The van der Waals surface area contributed by atoms with Gasteiger partial charge in [0, 0.05) is 24.1 Å². The molecule has 1 atom stereocenters. The van der Waals surface area contributed by atoms with Crippen molar-refractivity contribution in [2.45, 2.75) is 30.4 Å². The fraction of sp³-hybridized carbons (Fsp3) is 0.381. The summed E-state index contributed by atoms with van der Waals surface area (Å²) in [7, 11) is -3.23. The lowest BCUT2D eigenvalue weighted by molar-refractivity contribution is -0.130. The maximum absolute atomic E-state index is 12.3. The average molecular weight is 420 g/mol. The first-order valence-corrected chi connectivity index (χ1v) is 12.1. The molecule has 1 saturated heterocycles. The SMILES string of the molecule is CCN(CC)C(=O)Cc1ccc(Oc2ccc(S(=O)(=O)CC3CS3)cc2)cc1. The number of amides is 1. The Kier molecular flexibility index (Phi) is 6.67. The van der Waals surface area contributed by atoms with E-state index in [4.69, 9.17) is 4.74 Å². The van der Waals surface area contributed by atoms with Crippen molar-refractivity contribution in [1.29, 1.82) is 0 Å². The van der Waals surface area contributed by atoms with E-state index >= 15 is 0 Å². The minimum absolute atomic E-state index is 0.111. The number of hydrogen-bond acceptors (Lipinski definition) is 5. The van der Waals surface area contributed by atoms with Crippen molar-refractivity contribution in [2.75, 3.05) is 24.6 Å². The molecule has 0 spiro atoms. The van der Waals surface area contributed by atoms with E-state index in [0.717, 1.165) is 11.3 Å². The van der Waals surface area contributed by atoms with Crippen molar-refractivity contribution in [1.82, 2.24) is 4.90 Å². The van der Waals surface area contributed by atoms with E-state index < -0.39 is 9.84 Å². The van der Waals surface area contributed by atoms with Crippen LogP contribution in [0.2, 0.25) is 0 Å². The van der Waals surface area contributed by atoms with Crippen LogP contribution in [0.3, 0.4) is 0 Å². The van der Waals surface area contributed by atoms with E-state index in [9.17, 15) is 13.2 Å². The molecular weight excluding hydrogens is 394 g/mol. The Morgan fingerprint density at radius 1 is 1.04 bits per heavy atom.